The second-order valence-electron chi connectivity index (χ2n) is 10.3. The van der Waals surface area contributed by atoms with E-state index in [4.69, 9.17) is 23.4 Å². The van der Waals surface area contributed by atoms with E-state index in [1.165, 1.54) is 38.3 Å². The maximum atomic E-state index is 13.3. The lowest BCUT2D eigenvalue weighted by Gasteiger charge is -2.46. The molecule has 3 heterocycles. The van der Waals surface area contributed by atoms with Crippen molar-refractivity contribution in [3.05, 3.63) is 52.2 Å². The van der Waals surface area contributed by atoms with Crippen molar-refractivity contribution in [3.8, 4) is 28.6 Å². The van der Waals surface area contributed by atoms with Gasteiger partial charge in [0.15, 0.2) is 17.3 Å². The van der Waals surface area contributed by atoms with Gasteiger partial charge in [-0.05, 0) is 31.2 Å². The second kappa shape index (κ2) is 11.8. The molecule has 2 fully saturated rings. The van der Waals surface area contributed by atoms with Crippen molar-refractivity contribution in [2.24, 2.45) is 0 Å². The summed E-state index contributed by atoms with van der Waals surface area (Å²) in [5.41, 5.74) is -0.571. The fourth-order valence-corrected chi connectivity index (χ4v) is 5.27. The van der Waals surface area contributed by atoms with Gasteiger partial charge in [0.2, 0.25) is 0 Å². The highest BCUT2D eigenvalue weighted by Crippen LogP contribution is 2.45. The molecule has 14 heteroatoms. The lowest BCUT2D eigenvalue weighted by atomic mass is 9.89. The average molecular weight is 593 g/mol. The van der Waals surface area contributed by atoms with Gasteiger partial charge in [-0.15, -0.1) is 0 Å². The number of aliphatic hydroxyl groups is 6. The third-order valence-electron chi connectivity index (χ3n) is 7.60. The molecule has 3 aromatic rings. The van der Waals surface area contributed by atoms with Crippen molar-refractivity contribution >= 4 is 11.0 Å². The summed E-state index contributed by atoms with van der Waals surface area (Å²) < 4.78 is 29.0. The van der Waals surface area contributed by atoms with Gasteiger partial charge in [0, 0.05) is 17.7 Å². The van der Waals surface area contributed by atoms with Crippen molar-refractivity contribution in [2.75, 3.05) is 13.7 Å². The Kier molecular flexibility index (Phi) is 8.44. The fraction of sp³-hybridized carbons (Fsp3) is 0.464. The number of aromatic hydroxyl groups is 2. The summed E-state index contributed by atoms with van der Waals surface area (Å²) in [6.45, 7) is 0.682. The van der Waals surface area contributed by atoms with Gasteiger partial charge in [0.1, 0.15) is 77.2 Å². The zero-order valence-corrected chi connectivity index (χ0v) is 22.5. The Balaban J connectivity index is 1.69. The number of fused-ring (bicyclic) bond motifs is 1. The van der Waals surface area contributed by atoms with E-state index >= 15 is 0 Å². The molecular formula is C28H32O14. The fourth-order valence-electron chi connectivity index (χ4n) is 5.27. The predicted molar refractivity (Wildman–Crippen MR) is 142 cm³/mol. The number of aliphatic hydroxyl groups excluding tert-OH is 6. The van der Waals surface area contributed by atoms with Gasteiger partial charge in [-0.1, -0.05) is 0 Å². The van der Waals surface area contributed by atoms with Gasteiger partial charge in [0.05, 0.1) is 25.4 Å². The van der Waals surface area contributed by atoms with E-state index in [0.717, 1.165) is 12.1 Å². The smallest absolute Gasteiger partial charge is 0.197 e. The van der Waals surface area contributed by atoms with E-state index in [-0.39, 0.29) is 33.8 Å². The van der Waals surface area contributed by atoms with Crippen LogP contribution in [0.25, 0.3) is 22.3 Å². The van der Waals surface area contributed by atoms with Crippen LogP contribution in [0.1, 0.15) is 18.6 Å². The van der Waals surface area contributed by atoms with Gasteiger partial charge in [-0.3, -0.25) is 4.79 Å². The molecule has 0 bridgehead atoms. The van der Waals surface area contributed by atoms with Crippen LogP contribution in [0.2, 0.25) is 0 Å². The van der Waals surface area contributed by atoms with Crippen LogP contribution in [0.15, 0.2) is 45.6 Å². The number of hydrogen-bond donors (Lipinski definition) is 8. The molecule has 42 heavy (non-hydrogen) atoms. The van der Waals surface area contributed by atoms with Crippen molar-refractivity contribution in [2.45, 2.75) is 68.1 Å². The summed E-state index contributed by atoms with van der Waals surface area (Å²) in [6.07, 6.45) is -15.5. The number of phenols is 2. The first-order valence-corrected chi connectivity index (χ1v) is 13.1. The van der Waals surface area contributed by atoms with Crippen LogP contribution < -0.4 is 10.2 Å². The van der Waals surface area contributed by atoms with Crippen LogP contribution in [0.3, 0.4) is 0 Å². The molecule has 2 aliphatic heterocycles. The molecule has 14 nitrogen and oxygen atoms in total. The number of phenolic OH excluding ortho intramolecular Hbond substituents is 2. The van der Waals surface area contributed by atoms with Crippen molar-refractivity contribution in [1.29, 1.82) is 0 Å². The van der Waals surface area contributed by atoms with E-state index in [1.54, 1.807) is 0 Å². The Morgan fingerprint density at radius 2 is 1.57 bits per heavy atom. The first-order chi connectivity index (χ1) is 20.0. The third kappa shape index (κ3) is 5.21. The summed E-state index contributed by atoms with van der Waals surface area (Å²) in [6, 6.07) is 8.00. The van der Waals surface area contributed by atoms with Crippen molar-refractivity contribution in [1.82, 2.24) is 0 Å². The van der Waals surface area contributed by atoms with E-state index in [9.17, 15) is 45.6 Å². The molecule has 0 spiro atoms. The van der Waals surface area contributed by atoms with Crippen molar-refractivity contribution in [3.63, 3.8) is 0 Å². The number of rotatable bonds is 6. The maximum absolute atomic E-state index is 13.3. The first kappa shape index (κ1) is 30.2. The monoisotopic (exact) mass is 592 g/mol. The molecule has 8 N–H and O–H groups in total. The molecule has 10 atom stereocenters. The highest BCUT2D eigenvalue weighted by Gasteiger charge is 2.51. The Hall–Kier alpha value is -3.31. The lowest BCUT2D eigenvalue weighted by Crippen LogP contribution is -2.61. The van der Waals surface area contributed by atoms with E-state index < -0.39 is 79.0 Å². The standard InChI is InChI=1S/C28H32O14/c1-10-20(33)22(35)24(37)28(39-10)42-27-23(36)21(34)17(9-29)41-26(27)19-16(38-2)8-14(32)18-13(31)7-15(40-25(18)19)11-3-5-12(30)6-4-11/h3-8,10,17,20-24,26-30,32-37H,9H2,1-2H3/t10?,17?,20-,21+,22-,23-,24?,26-,27?,28-/m0/s1. The van der Waals surface area contributed by atoms with Crippen LogP contribution in [-0.4, -0.2) is 110 Å². The molecule has 0 saturated carbocycles. The van der Waals surface area contributed by atoms with Gasteiger partial charge >= 0.3 is 0 Å². The van der Waals surface area contributed by atoms with Crippen molar-refractivity contribution < 1.29 is 64.2 Å². The van der Waals surface area contributed by atoms with Gasteiger partial charge in [-0.25, -0.2) is 0 Å². The number of methoxy groups -OCH3 is 1. The van der Waals surface area contributed by atoms with Crippen LogP contribution >= 0.6 is 0 Å². The van der Waals surface area contributed by atoms with Crippen LogP contribution in [0, 0.1) is 0 Å². The highest BCUT2D eigenvalue weighted by atomic mass is 16.7. The topological polar surface area (TPSA) is 229 Å². The molecule has 0 radical (unpaired) electrons. The Morgan fingerprint density at radius 3 is 2.21 bits per heavy atom. The zero-order chi connectivity index (χ0) is 30.5. The van der Waals surface area contributed by atoms with Gasteiger partial charge in [0.25, 0.3) is 0 Å². The summed E-state index contributed by atoms with van der Waals surface area (Å²) in [5, 5.41) is 82.8. The zero-order valence-electron chi connectivity index (χ0n) is 22.5. The molecule has 0 amide bonds. The maximum Gasteiger partial charge on any atom is 0.197 e. The summed E-state index contributed by atoms with van der Waals surface area (Å²) in [5.74, 6) is -0.579. The van der Waals surface area contributed by atoms with E-state index in [0.29, 0.717) is 5.56 Å². The molecule has 5 rings (SSSR count). The minimum atomic E-state index is -1.79. The summed E-state index contributed by atoms with van der Waals surface area (Å²) >= 11 is 0. The van der Waals surface area contributed by atoms with Crippen LogP contribution in [0.4, 0.5) is 0 Å². The van der Waals surface area contributed by atoms with Gasteiger partial charge in [-0.2, -0.15) is 0 Å². The molecular weight excluding hydrogens is 560 g/mol. The highest BCUT2D eigenvalue weighted by molar-refractivity contribution is 5.89. The van der Waals surface area contributed by atoms with E-state index in [2.05, 4.69) is 0 Å². The SMILES string of the molecule is COc1cc(O)c2c(=O)cc(-c3ccc(O)cc3)oc2c1[C@@H]1OC(CO)[C@@H](O)[C@H](O)C1O[C@@H]1OC(C)[C@H](O)[C@H](O)C1O. The van der Waals surface area contributed by atoms with Gasteiger partial charge < -0.3 is 64.2 Å². The number of ether oxygens (including phenoxy) is 4. The second-order valence-corrected chi connectivity index (χ2v) is 10.3. The quantitative estimate of drug-likeness (QED) is 0.176. The minimum absolute atomic E-state index is 0.0286. The molecule has 0 aliphatic carbocycles. The lowest BCUT2D eigenvalue weighted by molar-refractivity contribution is -0.338. The Morgan fingerprint density at radius 1 is 0.881 bits per heavy atom. The molecule has 2 saturated heterocycles. The number of benzene rings is 2. The molecule has 2 aromatic carbocycles. The van der Waals surface area contributed by atoms with Crippen LogP contribution in [0.5, 0.6) is 17.2 Å². The molecule has 2 aliphatic rings. The minimum Gasteiger partial charge on any atom is -0.508 e. The van der Waals surface area contributed by atoms with E-state index in [1.807, 2.05) is 0 Å². The molecule has 4 unspecified atom stereocenters. The average Bonchev–Trinajstić information content (AvgIpc) is 2.97. The molecule has 228 valence electrons. The normalized spacial score (nSPS) is 33.5. The first-order valence-electron chi connectivity index (χ1n) is 13.1. The number of hydrogen-bond acceptors (Lipinski definition) is 14. The predicted octanol–water partition coefficient (Wildman–Crippen LogP) is -0.754. The summed E-state index contributed by atoms with van der Waals surface area (Å²) in [7, 11) is 1.26. The summed E-state index contributed by atoms with van der Waals surface area (Å²) in [4.78, 5) is 13.3. The largest absolute Gasteiger partial charge is 0.508 e. The third-order valence-corrected chi connectivity index (χ3v) is 7.60. The Bertz CT molecular complexity index is 1470. The molecule has 1 aromatic heterocycles. The Labute approximate surface area is 238 Å². The van der Waals surface area contributed by atoms with Crippen LogP contribution in [-0.2, 0) is 14.2 Å².